The van der Waals surface area contributed by atoms with Gasteiger partial charge in [0.25, 0.3) is 5.91 Å². The zero-order chi connectivity index (χ0) is 13.8. The van der Waals surface area contributed by atoms with Crippen molar-refractivity contribution in [2.45, 2.75) is 19.0 Å². The molecule has 0 aliphatic carbocycles. The van der Waals surface area contributed by atoms with Crippen LogP contribution in [0.25, 0.3) is 0 Å². The van der Waals surface area contributed by atoms with E-state index in [9.17, 15) is 4.79 Å². The molecule has 2 rings (SSSR count). The van der Waals surface area contributed by atoms with E-state index in [0.29, 0.717) is 16.5 Å². The number of amides is 1. The van der Waals surface area contributed by atoms with Gasteiger partial charge in [-0.15, -0.1) is 10.2 Å². The Morgan fingerprint density at radius 2 is 2.26 bits per heavy atom. The summed E-state index contributed by atoms with van der Waals surface area (Å²) in [6.07, 6.45) is 0. The normalized spacial score (nSPS) is 10.5. The lowest BCUT2D eigenvalue weighted by atomic mass is 10.2. The molecule has 1 amide bonds. The largest absolute Gasteiger partial charge is 0.270 e. The molecule has 0 unspecified atom stereocenters. The van der Waals surface area contributed by atoms with Crippen molar-refractivity contribution in [1.82, 2.24) is 14.9 Å². The highest BCUT2D eigenvalue weighted by molar-refractivity contribution is 9.10. The number of aromatic nitrogens is 3. The second kappa shape index (κ2) is 6.21. The first-order chi connectivity index (χ1) is 9.11. The first-order valence-electron chi connectivity index (χ1n) is 5.73. The molecule has 2 aromatic rings. The zero-order valence-electron chi connectivity index (χ0n) is 10.6. The average molecular weight is 341 g/mol. The molecule has 0 radical (unpaired) electrons. The SMILES string of the molecule is CCSc1nnc(C)n1NC(=O)c1cccc(Br)c1. The fourth-order valence-electron chi connectivity index (χ4n) is 1.49. The van der Waals surface area contributed by atoms with Crippen LogP contribution in [-0.2, 0) is 0 Å². The van der Waals surface area contributed by atoms with E-state index < -0.39 is 0 Å². The number of halogens is 1. The highest BCUT2D eigenvalue weighted by Gasteiger charge is 2.13. The number of rotatable bonds is 4. The Balaban J connectivity index is 2.21. The van der Waals surface area contributed by atoms with Crippen LogP contribution < -0.4 is 5.43 Å². The van der Waals surface area contributed by atoms with Gasteiger partial charge in [0.05, 0.1) is 0 Å². The molecule has 0 aliphatic rings. The zero-order valence-corrected chi connectivity index (χ0v) is 13.0. The van der Waals surface area contributed by atoms with E-state index in [2.05, 4.69) is 31.6 Å². The van der Waals surface area contributed by atoms with Crippen molar-refractivity contribution in [1.29, 1.82) is 0 Å². The van der Waals surface area contributed by atoms with Crippen molar-refractivity contribution in [3.8, 4) is 0 Å². The standard InChI is InChI=1S/C12H13BrN4OS/c1-3-19-12-15-14-8(2)17(12)16-11(18)9-5-4-6-10(13)7-9/h4-7H,3H2,1-2H3,(H,16,18). The number of carbonyl (C=O) groups excluding carboxylic acids is 1. The number of hydrogen-bond donors (Lipinski definition) is 1. The molecule has 0 saturated carbocycles. The van der Waals surface area contributed by atoms with Crippen LogP contribution in [0.1, 0.15) is 23.1 Å². The number of nitrogens with zero attached hydrogens (tertiary/aromatic N) is 3. The third-order valence-electron chi connectivity index (χ3n) is 2.37. The van der Waals surface area contributed by atoms with E-state index in [-0.39, 0.29) is 5.91 Å². The van der Waals surface area contributed by atoms with Crippen molar-refractivity contribution >= 4 is 33.6 Å². The Hall–Kier alpha value is -1.34. The van der Waals surface area contributed by atoms with Crippen LogP contribution in [0.5, 0.6) is 0 Å². The molecule has 7 heteroatoms. The van der Waals surface area contributed by atoms with Crippen molar-refractivity contribution in [3.63, 3.8) is 0 Å². The first kappa shape index (κ1) is 14.1. The molecule has 1 aromatic heterocycles. The van der Waals surface area contributed by atoms with Crippen LogP contribution in [0.15, 0.2) is 33.9 Å². The van der Waals surface area contributed by atoms with E-state index in [1.54, 1.807) is 23.7 Å². The molecular formula is C12H13BrN4OS. The van der Waals surface area contributed by atoms with Crippen molar-refractivity contribution in [2.24, 2.45) is 0 Å². The van der Waals surface area contributed by atoms with Gasteiger partial charge in [-0.05, 0) is 30.9 Å². The van der Waals surface area contributed by atoms with E-state index in [4.69, 9.17) is 0 Å². The maximum atomic E-state index is 12.2. The van der Waals surface area contributed by atoms with E-state index >= 15 is 0 Å². The van der Waals surface area contributed by atoms with Crippen LogP contribution in [0.4, 0.5) is 0 Å². The predicted octanol–water partition coefficient (Wildman–Crippen LogP) is 2.84. The molecular weight excluding hydrogens is 328 g/mol. The summed E-state index contributed by atoms with van der Waals surface area (Å²) in [5.41, 5.74) is 3.38. The van der Waals surface area contributed by atoms with Gasteiger partial charge in [0.1, 0.15) is 5.82 Å². The van der Waals surface area contributed by atoms with Crippen LogP contribution >= 0.6 is 27.7 Å². The van der Waals surface area contributed by atoms with Gasteiger partial charge in [-0.3, -0.25) is 10.2 Å². The number of nitrogens with one attached hydrogen (secondary N) is 1. The van der Waals surface area contributed by atoms with Crippen LogP contribution in [-0.4, -0.2) is 26.5 Å². The lowest BCUT2D eigenvalue weighted by Gasteiger charge is -2.09. The van der Waals surface area contributed by atoms with E-state index in [1.807, 2.05) is 19.1 Å². The van der Waals surface area contributed by atoms with Gasteiger partial charge in [-0.1, -0.05) is 40.7 Å². The van der Waals surface area contributed by atoms with Gasteiger partial charge >= 0.3 is 0 Å². The van der Waals surface area contributed by atoms with Crippen LogP contribution in [0, 0.1) is 6.92 Å². The predicted molar refractivity (Wildman–Crippen MR) is 79.0 cm³/mol. The smallest absolute Gasteiger partial charge is 0.267 e. The Labute approximate surface area is 123 Å². The third kappa shape index (κ3) is 3.36. The maximum Gasteiger partial charge on any atom is 0.270 e. The van der Waals surface area contributed by atoms with E-state index in [1.165, 1.54) is 11.8 Å². The van der Waals surface area contributed by atoms with E-state index in [0.717, 1.165) is 10.2 Å². The number of hydrogen-bond acceptors (Lipinski definition) is 4. The summed E-state index contributed by atoms with van der Waals surface area (Å²) in [6, 6.07) is 7.22. The minimum Gasteiger partial charge on any atom is -0.267 e. The molecule has 0 saturated heterocycles. The third-order valence-corrected chi connectivity index (χ3v) is 3.67. The highest BCUT2D eigenvalue weighted by atomic mass is 79.9. The molecule has 1 N–H and O–H groups in total. The van der Waals surface area contributed by atoms with Crippen molar-refractivity contribution in [2.75, 3.05) is 11.2 Å². The highest BCUT2D eigenvalue weighted by Crippen LogP contribution is 2.16. The second-order valence-electron chi connectivity index (χ2n) is 3.75. The van der Waals surface area contributed by atoms with Gasteiger partial charge in [-0.25, -0.2) is 4.68 Å². The van der Waals surface area contributed by atoms with Gasteiger partial charge in [0.15, 0.2) is 0 Å². The molecule has 100 valence electrons. The summed E-state index contributed by atoms with van der Waals surface area (Å²) in [5, 5.41) is 8.67. The van der Waals surface area contributed by atoms with Crippen LogP contribution in [0.3, 0.4) is 0 Å². The minimum atomic E-state index is -0.192. The molecule has 1 heterocycles. The van der Waals surface area contributed by atoms with Gasteiger partial charge in [-0.2, -0.15) is 0 Å². The average Bonchev–Trinajstić information content (AvgIpc) is 2.72. The van der Waals surface area contributed by atoms with Gasteiger partial charge < -0.3 is 0 Å². The summed E-state index contributed by atoms with van der Waals surface area (Å²) < 4.78 is 2.47. The number of thioether (sulfide) groups is 1. The number of benzene rings is 1. The molecule has 19 heavy (non-hydrogen) atoms. The first-order valence-corrected chi connectivity index (χ1v) is 7.51. The van der Waals surface area contributed by atoms with Crippen molar-refractivity contribution < 1.29 is 4.79 Å². The minimum absolute atomic E-state index is 0.192. The molecule has 0 spiro atoms. The summed E-state index contributed by atoms with van der Waals surface area (Å²) in [6.45, 7) is 3.82. The lowest BCUT2D eigenvalue weighted by molar-refractivity contribution is 0.100. The fourth-order valence-corrected chi connectivity index (χ4v) is 2.55. The maximum absolute atomic E-state index is 12.2. The monoisotopic (exact) mass is 340 g/mol. The molecule has 0 fully saturated rings. The lowest BCUT2D eigenvalue weighted by Crippen LogP contribution is -2.24. The number of carbonyl (C=O) groups is 1. The fraction of sp³-hybridized carbons (Fsp3) is 0.250. The molecule has 1 aromatic carbocycles. The quantitative estimate of drug-likeness (QED) is 0.869. The Morgan fingerprint density at radius 3 is 2.95 bits per heavy atom. The van der Waals surface area contributed by atoms with Crippen LogP contribution in [0.2, 0.25) is 0 Å². The number of aryl methyl sites for hydroxylation is 1. The van der Waals surface area contributed by atoms with Gasteiger partial charge in [0, 0.05) is 10.0 Å². The Kier molecular flexibility index (Phi) is 4.60. The summed E-state index contributed by atoms with van der Waals surface area (Å²) >= 11 is 4.88. The summed E-state index contributed by atoms with van der Waals surface area (Å²) in [4.78, 5) is 12.2. The van der Waals surface area contributed by atoms with Gasteiger partial charge in [0.2, 0.25) is 5.16 Å². The molecule has 5 nitrogen and oxygen atoms in total. The van der Waals surface area contributed by atoms with Crippen molar-refractivity contribution in [3.05, 3.63) is 40.1 Å². The summed E-state index contributed by atoms with van der Waals surface area (Å²) in [7, 11) is 0. The second-order valence-corrected chi connectivity index (χ2v) is 5.90. The molecule has 0 aliphatic heterocycles. The molecule has 0 atom stereocenters. The Bertz CT molecular complexity index is 599. The molecule has 0 bridgehead atoms. The topological polar surface area (TPSA) is 59.8 Å². The summed E-state index contributed by atoms with van der Waals surface area (Å²) in [5.74, 6) is 1.33. The Morgan fingerprint density at radius 1 is 1.47 bits per heavy atom.